The number of unbranched alkanes of at least 4 members (excludes halogenated alkanes) is 16. The molecule has 0 rings (SSSR count). The van der Waals surface area contributed by atoms with Gasteiger partial charge in [-0.25, -0.2) is 0 Å². The van der Waals surface area contributed by atoms with E-state index in [1.807, 2.05) is 0 Å². The van der Waals surface area contributed by atoms with Gasteiger partial charge >= 0.3 is 0 Å². The maximum atomic E-state index is 6.34. The Morgan fingerprint density at radius 2 is 1.00 bits per heavy atom. The van der Waals surface area contributed by atoms with E-state index in [4.69, 9.17) is 5.73 Å². The van der Waals surface area contributed by atoms with Crippen LogP contribution in [0.25, 0.3) is 0 Å². The third-order valence-corrected chi connectivity index (χ3v) is 8.55. The van der Waals surface area contributed by atoms with Crippen molar-refractivity contribution in [1.29, 1.82) is 0 Å². The summed E-state index contributed by atoms with van der Waals surface area (Å²) in [4.78, 5) is 0. The minimum Gasteiger partial charge on any atom is -0.328 e. The summed E-state index contributed by atoms with van der Waals surface area (Å²) in [5.74, 6) is 0. The van der Waals surface area contributed by atoms with Crippen LogP contribution in [0.1, 0.15) is 162 Å². The molecule has 2 N–H and O–H groups in total. The van der Waals surface area contributed by atoms with Crippen LogP contribution >= 0.6 is 22.5 Å². The van der Waals surface area contributed by atoms with Crippen LogP contribution in [0.2, 0.25) is 0 Å². The molecule has 0 radical (unpaired) electrons. The van der Waals surface area contributed by atoms with Gasteiger partial charge in [-0.2, -0.15) is 0 Å². The van der Waals surface area contributed by atoms with Gasteiger partial charge in [-0.15, -0.1) is 11.7 Å². The van der Waals surface area contributed by atoms with Gasteiger partial charge in [0.25, 0.3) is 0 Å². The molecular formula is C29H59NS2. The maximum absolute atomic E-state index is 6.34. The Balaban J connectivity index is 3.25. The third-order valence-electron chi connectivity index (χ3n) is 6.79. The quantitative estimate of drug-likeness (QED) is 0.0551. The van der Waals surface area contributed by atoms with Crippen LogP contribution in [-0.2, 0) is 0 Å². The molecule has 2 unspecified atom stereocenters. The first-order valence-electron chi connectivity index (χ1n) is 14.4. The summed E-state index contributed by atoms with van der Waals surface area (Å²) in [5.41, 5.74) is 6.34. The fourth-order valence-corrected chi connectivity index (χ4v) is 5.62. The van der Waals surface area contributed by atoms with Crippen LogP contribution in [0.4, 0.5) is 0 Å². The summed E-state index contributed by atoms with van der Waals surface area (Å²) in [5, 5.41) is 0.757. The van der Waals surface area contributed by atoms with Crippen molar-refractivity contribution in [3.05, 3.63) is 12.2 Å². The van der Waals surface area contributed by atoms with Crippen LogP contribution in [0.3, 0.4) is 0 Å². The first-order chi connectivity index (χ1) is 15.7. The SMILES string of the molecule is CCCCCCCCC=CCCCCCCCC(N)CCCCCCCCC(CC)SS. The van der Waals surface area contributed by atoms with E-state index >= 15 is 0 Å². The van der Waals surface area contributed by atoms with Crippen LogP contribution in [-0.4, -0.2) is 11.3 Å². The molecule has 0 spiro atoms. The van der Waals surface area contributed by atoms with Crippen molar-refractivity contribution < 1.29 is 0 Å². The highest BCUT2D eigenvalue weighted by Gasteiger charge is 2.04. The van der Waals surface area contributed by atoms with Gasteiger partial charge in [0.15, 0.2) is 0 Å². The van der Waals surface area contributed by atoms with Gasteiger partial charge in [0.1, 0.15) is 0 Å². The average molecular weight is 486 g/mol. The van der Waals surface area contributed by atoms with Crippen molar-refractivity contribution in [1.82, 2.24) is 0 Å². The monoisotopic (exact) mass is 485 g/mol. The van der Waals surface area contributed by atoms with Gasteiger partial charge in [-0.05, 0) is 51.4 Å². The number of hydrogen-bond donors (Lipinski definition) is 2. The van der Waals surface area contributed by atoms with Crippen molar-refractivity contribution >= 4 is 22.5 Å². The van der Waals surface area contributed by atoms with Crippen LogP contribution in [0.5, 0.6) is 0 Å². The Morgan fingerprint density at radius 3 is 1.44 bits per heavy atom. The Morgan fingerprint density at radius 1 is 0.594 bits per heavy atom. The lowest BCUT2D eigenvalue weighted by atomic mass is 10.0. The predicted molar refractivity (Wildman–Crippen MR) is 155 cm³/mol. The zero-order valence-corrected chi connectivity index (χ0v) is 23.7. The second kappa shape index (κ2) is 27.6. The molecule has 0 bridgehead atoms. The van der Waals surface area contributed by atoms with Gasteiger partial charge in [-0.1, -0.05) is 133 Å². The molecule has 1 nitrogen and oxygen atoms in total. The zero-order chi connectivity index (χ0) is 23.5. The highest BCUT2D eigenvalue weighted by molar-refractivity contribution is 8.68. The standard InChI is InChI=1S/C29H59NS2/c1-3-5-6-7-8-9-10-11-12-13-14-15-16-19-22-25-28(30)26-23-20-17-18-21-24-27-29(4-2)32-31/h11-12,28-29,31H,3-10,13-27,30H2,1-2H3. The van der Waals surface area contributed by atoms with Crippen LogP contribution in [0, 0.1) is 0 Å². The van der Waals surface area contributed by atoms with Crippen LogP contribution < -0.4 is 5.73 Å². The minimum atomic E-state index is 0.442. The van der Waals surface area contributed by atoms with E-state index in [2.05, 4.69) is 37.7 Å². The number of rotatable bonds is 26. The summed E-state index contributed by atoms with van der Waals surface area (Å²) >= 11 is 4.36. The van der Waals surface area contributed by atoms with E-state index in [1.54, 1.807) is 10.8 Å². The van der Waals surface area contributed by atoms with E-state index < -0.39 is 0 Å². The molecule has 2 atom stereocenters. The molecule has 0 heterocycles. The molecule has 3 heteroatoms. The fraction of sp³-hybridized carbons (Fsp3) is 0.931. The highest BCUT2D eigenvalue weighted by atomic mass is 33.1. The Labute approximate surface area is 212 Å². The minimum absolute atomic E-state index is 0.442. The molecule has 0 aliphatic rings. The lowest BCUT2D eigenvalue weighted by molar-refractivity contribution is 0.482. The van der Waals surface area contributed by atoms with E-state index in [1.165, 1.54) is 148 Å². The number of thiol groups is 1. The lowest BCUT2D eigenvalue weighted by Crippen LogP contribution is -2.19. The van der Waals surface area contributed by atoms with Crippen molar-refractivity contribution in [2.45, 2.75) is 173 Å². The number of nitrogens with two attached hydrogens (primary N) is 1. The topological polar surface area (TPSA) is 26.0 Å². The average Bonchev–Trinajstić information content (AvgIpc) is 2.80. The summed E-state index contributed by atoms with van der Waals surface area (Å²) in [7, 11) is 1.74. The summed E-state index contributed by atoms with van der Waals surface area (Å²) in [6.07, 6.45) is 36.0. The van der Waals surface area contributed by atoms with Crippen molar-refractivity contribution in [3.8, 4) is 0 Å². The maximum Gasteiger partial charge on any atom is 0.0146 e. The molecule has 32 heavy (non-hydrogen) atoms. The molecule has 192 valence electrons. The second-order valence-electron chi connectivity index (χ2n) is 9.97. The largest absolute Gasteiger partial charge is 0.328 e. The smallest absolute Gasteiger partial charge is 0.0146 e. The Hall–Kier alpha value is 0.400. The van der Waals surface area contributed by atoms with Crippen molar-refractivity contribution in [2.24, 2.45) is 5.73 Å². The summed E-state index contributed by atoms with van der Waals surface area (Å²) in [6, 6.07) is 0.442. The second-order valence-corrected chi connectivity index (χ2v) is 11.5. The van der Waals surface area contributed by atoms with Crippen molar-refractivity contribution in [3.63, 3.8) is 0 Å². The molecule has 0 aliphatic carbocycles. The Kier molecular flexibility index (Phi) is 28.0. The molecule has 0 aromatic rings. The lowest BCUT2D eigenvalue weighted by Gasteiger charge is -2.12. The normalized spacial score (nSPS) is 13.8. The zero-order valence-electron chi connectivity index (χ0n) is 22.0. The molecule has 0 saturated carbocycles. The first-order valence-corrected chi connectivity index (χ1v) is 16.4. The first kappa shape index (κ1) is 32.4. The highest BCUT2D eigenvalue weighted by Crippen LogP contribution is 2.24. The van der Waals surface area contributed by atoms with Gasteiger partial charge < -0.3 is 5.73 Å². The summed E-state index contributed by atoms with van der Waals surface area (Å²) in [6.45, 7) is 4.56. The van der Waals surface area contributed by atoms with E-state index in [0.717, 1.165) is 5.25 Å². The fourth-order valence-electron chi connectivity index (χ4n) is 4.44. The van der Waals surface area contributed by atoms with Crippen molar-refractivity contribution in [2.75, 3.05) is 0 Å². The van der Waals surface area contributed by atoms with E-state index in [-0.39, 0.29) is 0 Å². The summed E-state index contributed by atoms with van der Waals surface area (Å²) < 4.78 is 0. The van der Waals surface area contributed by atoms with Gasteiger partial charge in [-0.3, -0.25) is 0 Å². The number of hydrogen-bond acceptors (Lipinski definition) is 3. The molecule has 0 saturated heterocycles. The van der Waals surface area contributed by atoms with E-state index in [0.29, 0.717) is 6.04 Å². The number of allylic oxidation sites excluding steroid dienone is 2. The molecule has 0 fully saturated rings. The molecule has 0 aromatic carbocycles. The molecule has 0 aliphatic heterocycles. The van der Waals surface area contributed by atoms with Gasteiger partial charge in [0, 0.05) is 11.3 Å². The van der Waals surface area contributed by atoms with Gasteiger partial charge in [0.05, 0.1) is 0 Å². The molecule has 0 amide bonds. The molecular weight excluding hydrogens is 426 g/mol. The predicted octanol–water partition coefficient (Wildman–Crippen LogP) is 10.8. The molecule has 0 aromatic heterocycles. The van der Waals surface area contributed by atoms with E-state index in [9.17, 15) is 0 Å². The third kappa shape index (κ3) is 25.0. The van der Waals surface area contributed by atoms with Crippen LogP contribution in [0.15, 0.2) is 12.2 Å². The van der Waals surface area contributed by atoms with Gasteiger partial charge in [0.2, 0.25) is 0 Å². The Bertz CT molecular complexity index is 368.